The molecule has 0 saturated carbocycles. The van der Waals surface area contributed by atoms with Crippen molar-refractivity contribution in [1.29, 1.82) is 0 Å². The highest BCUT2D eigenvalue weighted by Crippen LogP contribution is 2.18. The first-order valence-electron chi connectivity index (χ1n) is 8.02. The van der Waals surface area contributed by atoms with Gasteiger partial charge in [0.1, 0.15) is 0 Å². The van der Waals surface area contributed by atoms with Gasteiger partial charge in [0.2, 0.25) is 0 Å². The monoisotopic (exact) mass is 284 g/mol. The Labute approximate surface area is 126 Å². The van der Waals surface area contributed by atoms with Gasteiger partial charge in [-0.2, -0.15) is 0 Å². The van der Waals surface area contributed by atoms with Gasteiger partial charge in [-0.3, -0.25) is 9.97 Å². The summed E-state index contributed by atoms with van der Waals surface area (Å²) < 4.78 is 0. The summed E-state index contributed by atoms with van der Waals surface area (Å²) in [4.78, 5) is 8.67. The molecule has 2 heterocycles. The minimum atomic E-state index is 0.453. The molecule has 0 bridgehead atoms. The summed E-state index contributed by atoms with van der Waals surface area (Å²) in [6.07, 6.45) is 9.99. The molecule has 1 aliphatic rings. The molecule has 1 saturated heterocycles. The summed E-state index contributed by atoms with van der Waals surface area (Å²) in [6.45, 7) is 3.43. The fourth-order valence-electron chi connectivity index (χ4n) is 3.13. The number of anilines is 1. The number of hydrogen-bond donors (Lipinski definition) is 2. The van der Waals surface area contributed by atoms with E-state index in [4.69, 9.17) is 0 Å². The van der Waals surface area contributed by atoms with E-state index in [1.807, 2.05) is 6.07 Å². The van der Waals surface area contributed by atoms with E-state index in [1.165, 1.54) is 38.6 Å². The number of aromatic nitrogens is 2. The van der Waals surface area contributed by atoms with Crippen LogP contribution < -0.4 is 10.6 Å². The van der Waals surface area contributed by atoms with E-state index in [2.05, 4.69) is 39.7 Å². The molecule has 2 unspecified atom stereocenters. The van der Waals surface area contributed by atoms with Gasteiger partial charge in [-0.25, -0.2) is 0 Å². The Morgan fingerprint density at radius 1 is 1.19 bits per heavy atom. The molecule has 1 aliphatic heterocycles. The normalized spacial score (nSPS) is 20.9. The standard InChI is InChI=1S/C17H24N4/c1-13(11-14-5-3-2-4-8-18-14)21-15-6-7-16-17(12-15)20-10-9-19-16/h6-7,9-10,12-14,18,21H,2-5,8,11H2,1H3. The van der Waals surface area contributed by atoms with Crippen LogP contribution in [0.5, 0.6) is 0 Å². The highest BCUT2D eigenvalue weighted by atomic mass is 15.0. The first kappa shape index (κ1) is 14.3. The summed E-state index contributed by atoms with van der Waals surface area (Å²) in [5.41, 5.74) is 3.02. The third-order valence-electron chi connectivity index (χ3n) is 4.18. The lowest BCUT2D eigenvalue weighted by Gasteiger charge is -2.22. The molecule has 0 spiro atoms. The number of benzene rings is 1. The maximum Gasteiger partial charge on any atom is 0.0907 e. The molecule has 112 valence electrons. The van der Waals surface area contributed by atoms with Crippen molar-refractivity contribution < 1.29 is 0 Å². The molecule has 1 fully saturated rings. The largest absolute Gasteiger partial charge is 0.382 e. The second-order valence-electron chi connectivity index (χ2n) is 6.04. The summed E-state index contributed by atoms with van der Waals surface area (Å²) >= 11 is 0. The molecule has 1 aromatic carbocycles. The van der Waals surface area contributed by atoms with Crippen LogP contribution >= 0.6 is 0 Å². The van der Waals surface area contributed by atoms with Gasteiger partial charge in [0.05, 0.1) is 11.0 Å². The Bertz CT molecular complexity index is 576. The van der Waals surface area contributed by atoms with Crippen molar-refractivity contribution in [2.24, 2.45) is 0 Å². The van der Waals surface area contributed by atoms with Crippen molar-refractivity contribution in [3.63, 3.8) is 0 Å². The predicted octanol–water partition coefficient (Wildman–Crippen LogP) is 3.35. The zero-order valence-corrected chi connectivity index (χ0v) is 12.7. The molecule has 0 amide bonds. The molecule has 4 heteroatoms. The van der Waals surface area contributed by atoms with Gasteiger partial charge in [0, 0.05) is 30.2 Å². The molecule has 0 radical (unpaired) electrons. The zero-order valence-electron chi connectivity index (χ0n) is 12.7. The average molecular weight is 284 g/mol. The Morgan fingerprint density at radius 3 is 2.95 bits per heavy atom. The topological polar surface area (TPSA) is 49.8 Å². The molecule has 1 aromatic heterocycles. The first-order chi connectivity index (χ1) is 10.3. The van der Waals surface area contributed by atoms with Gasteiger partial charge in [0.15, 0.2) is 0 Å². The highest BCUT2D eigenvalue weighted by Gasteiger charge is 2.14. The average Bonchev–Trinajstić information content (AvgIpc) is 2.75. The maximum absolute atomic E-state index is 4.36. The Kier molecular flexibility index (Phi) is 4.65. The molecule has 3 rings (SSSR count). The second kappa shape index (κ2) is 6.85. The van der Waals surface area contributed by atoms with Gasteiger partial charge in [0.25, 0.3) is 0 Å². The summed E-state index contributed by atoms with van der Waals surface area (Å²) in [6, 6.07) is 7.30. The molecule has 0 aliphatic carbocycles. The van der Waals surface area contributed by atoms with Crippen LogP contribution in [0.1, 0.15) is 39.0 Å². The van der Waals surface area contributed by atoms with Crippen LogP contribution in [0.3, 0.4) is 0 Å². The number of hydrogen-bond acceptors (Lipinski definition) is 4. The fraction of sp³-hybridized carbons (Fsp3) is 0.529. The molecule has 21 heavy (non-hydrogen) atoms. The number of fused-ring (bicyclic) bond motifs is 1. The van der Waals surface area contributed by atoms with E-state index < -0.39 is 0 Å². The molecular formula is C17H24N4. The lowest BCUT2D eigenvalue weighted by atomic mass is 10.0. The summed E-state index contributed by atoms with van der Waals surface area (Å²) in [5.74, 6) is 0. The van der Waals surface area contributed by atoms with Crippen LogP contribution in [0.25, 0.3) is 11.0 Å². The van der Waals surface area contributed by atoms with Crippen molar-refractivity contribution in [2.45, 2.75) is 51.1 Å². The molecule has 2 atom stereocenters. The minimum absolute atomic E-state index is 0.453. The van der Waals surface area contributed by atoms with Crippen LogP contribution in [0, 0.1) is 0 Å². The van der Waals surface area contributed by atoms with Crippen LogP contribution in [0.4, 0.5) is 5.69 Å². The third-order valence-corrected chi connectivity index (χ3v) is 4.18. The van der Waals surface area contributed by atoms with Crippen molar-refractivity contribution in [3.8, 4) is 0 Å². The van der Waals surface area contributed by atoms with Gasteiger partial charge >= 0.3 is 0 Å². The second-order valence-corrected chi connectivity index (χ2v) is 6.04. The zero-order chi connectivity index (χ0) is 14.5. The van der Waals surface area contributed by atoms with Crippen LogP contribution in [-0.4, -0.2) is 28.6 Å². The number of rotatable bonds is 4. The Hall–Kier alpha value is -1.68. The lowest BCUT2D eigenvalue weighted by Crippen LogP contribution is -2.33. The van der Waals surface area contributed by atoms with Gasteiger partial charge < -0.3 is 10.6 Å². The van der Waals surface area contributed by atoms with Crippen molar-refractivity contribution >= 4 is 16.7 Å². The highest BCUT2D eigenvalue weighted by molar-refractivity contribution is 5.78. The smallest absolute Gasteiger partial charge is 0.0907 e. The summed E-state index contributed by atoms with van der Waals surface area (Å²) in [5, 5.41) is 7.26. The molecule has 4 nitrogen and oxygen atoms in total. The summed E-state index contributed by atoms with van der Waals surface area (Å²) in [7, 11) is 0. The fourth-order valence-corrected chi connectivity index (χ4v) is 3.13. The first-order valence-corrected chi connectivity index (χ1v) is 8.02. The van der Waals surface area contributed by atoms with Gasteiger partial charge in [-0.1, -0.05) is 12.8 Å². The van der Waals surface area contributed by atoms with Crippen LogP contribution in [0.15, 0.2) is 30.6 Å². The SMILES string of the molecule is CC(CC1CCCCCN1)Nc1ccc2nccnc2c1. The van der Waals surface area contributed by atoms with E-state index >= 15 is 0 Å². The number of nitrogens with one attached hydrogen (secondary N) is 2. The lowest BCUT2D eigenvalue weighted by molar-refractivity contribution is 0.456. The molecule has 2 aromatic rings. The van der Waals surface area contributed by atoms with Crippen molar-refractivity contribution in [3.05, 3.63) is 30.6 Å². The number of nitrogens with zero attached hydrogens (tertiary/aromatic N) is 2. The Balaban J connectivity index is 1.61. The quantitative estimate of drug-likeness (QED) is 0.904. The van der Waals surface area contributed by atoms with Gasteiger partial charge in [-0.05, 0) is 50.9 Å². The molecular weight excluding hydrogens is 260 g/mol. The Morgan fingerprint density at radius 2 is 2.05 bits per heavy atom. The maximum atomic E-state index is 4.36. The van der Waals surface area contributed by atoms with E-state index in [-0.39, 0.29) is 0 Å². The minimum Gasteiger partial charge on any atom is -0.382 e. The van der Waals surface area contributed by atoms with E-state index in [1.54, 1.807) is 12.4 Å². The van der Waals surface area contributed by atoms with Crippen molar-refractivity contribution in [1.82, 2.24) is 15.3 Å². The molecule has 2 N–H and O–H groups in total. The van der Waals surface area contributed by atoms with Crippen molar-refractivity contribution in [2.75, 3.05) is 11.9 Å². The van der Waals surface area contributed by atoms with Crippen LogP contribution in [0.2, 0.25) is 0 Å². The van der Waals surface area contributed by atoms with E-state index in [9.17, 15) is 0 Å². The van der Waals surface area contributed by atoms with Gasteiger partial charge in [-0.15, -0.1) is 0 Å². The van der Waals surface area contributed by atoms with E-state index in [0.29, 0.717) is 12.1 Å². The van der Waals surface area contributed by atoms with E-state index in [0.717, 1.165) is 16.7 Å². The third kappa shape index (κ3) is 3.91. The predicted molar refractivity (Wildman–Crippen MR) is 87.5 cm³/mol. The van der Waals surface area contributed by atoms with Crippen LogP contribution in [-0.2, 0) is 0 Å².